The monoisotopic (exact) mass is 311 g/mol. The molecule has 2 heterocycles. The topological polar surface area (TPSA) is 51.0 Å². The minimum atomic E-state index is 0.377. The van der Waals surface area contributed by atoms with Gasteiger partial charge in [-0.15, -0.1) is 11.3 Å². The van der Waals surface area contributed by atoms with Gasteiger partial charge in [-0.25, -0.2) is 0 Å². The summed E-state index contributed by atoms with van der Waals surface area (Å²) in [4.78, 5) is 5.00. The van der Waals surface area contributed by atoms with Gasteiger partial charge in [-0.3, -0.25) is 0 Å². The van der Waals surface area contributed by atoms with Gasteiger partial charge in [0.15, 0.2) is 0 Å². The van der Waals surface area contributed by atoms with E-state index in [4.69, 9.17) is 27.7 Å². The van der Waals surface area contributed by atoms with E-state index >= 15 is 0 Å². The number of benzene rings is 1. The number of thiophene rings is 1. The molecule has 3 aromatic rings. The first-order valence-corrected chi connectivity index (χ1v) is 6.95. The van der Waals surface area contributed by atoms with Gasteiger partial charge in [0, 0.05) is 10.7 Å². The molecule has 2 aromatic heterocycles. The zero-order valence-electron chi connectivity index (χ0n) is 9.43. The van der Waals surface area contributed by atoms with Crippen molar-refractivity contribution < 1.29 is 4.52 Å². The standard InChI is InChI=1S/C12H7Cl2N3OS/c13-7-1-3-8(4-2-7)15-12-16-11(18-17-12)10-9(14)5-6-19-10/h1-6H,(H,15,17). The van der Waals surface area contributed by atoms with Gasteiger partial charge < -0.3 is 9.84 Å². The molecular weight excluding hydrogens is 305 g/mol. The minimum absolute atomic E-state index is 0.377. The Kier molecular flexibility index (Phi) is 3.42. The van der Waals surface area contributed by atoms with E-state index in [0.29, 0.717) is 21.9 Å². The molecule has 0 radical (unpaired) electrons. The number of halogens is 2. The zero-order valence-corrected chi connectivity index (χ0v) is 11.8. The van der Waals surface area contributed by atoms with E-state index in [1.54, 1.807) is 18.2 Å². The fraction of sp³-hybridized carbons (Fsp3) is 0. The molecule has 4 nitrogen and oxygen atoms in total. The third kappa shape index (κ3) is 2.73. The van der Waals surface area contributed by atoms with Crippen molar-refractivity contribution in [3.8, 4) is 10.8 Å². The summed E-state index contributed by atoms with van der Waals surface area (Å²) in [6.45, 7) is 0. The lowest BCUT2D eigenvalue weighted by atomic mass is 10.3. The van der Waals surface area contributed by atoms with Gasteiger partial charge in [-0.05, 0) is 40.9 Å². The van der Waals surface area contributed by atoms with Crippen molar-refractivity contribution in [3.05, 3.63) is 45.8 Å². The zero-order chi connectivity index (χ0) is 13.2. The van der Waals surface area contributed by atoms with E-state index in [1.165, 1.54) is 11.3 Å². The Labute approximate surface area is 123 Å². The second kappa shape index (κ2) is 5.21. The molecule has 0 aliphatic carbocycles. The summed E-state index contributed by atoms with van der Waals surface area (Å²) >= 11 is 13.3. The molecule has 0 saturated carbocycles. The number of nitrogens with zero attached hydrogens (tertiary/aromatic N) is 2. The van der Waals surface area contributed by atoms with E-state index in [0.717, 1.165) is 10.6 Å². The third-order valence-electron chi connectivity index (χ3n) is 2.34. The van der Waals surface area contributed by atoms with Gasteiger partial charge in [-0.1, -0.05) is 23.2 Å². The van der Waals surface area contributed by atoms with Crippen LogP contribution in [0.25, 0.3) is 10.8 Å². The number of anilines is 2. The van der Waals surface area contributed by atoms with Crippen molar-refractivity contribution in [2.24, 2.45) is 0 Å². The van der Waals surface area contributed by atoms with Gasteiger partial charge >= 0.3 is 0 Å². The maximum atomic E-state index is 6.01. The highest BCUT2D eigenvalue weighted by atomic mass is 35.5. The van der Waals surface area contributed by atoms with Crippen LogP contribution in [-0.4, -0.2) is 10.1 Å². The maximum Gasteiger partial charge on any atom is 0.271 e. The molecule has 0 fully saturated rings. The van der Waals surface area contributed by atoms with E-state index in [1.807, 2.05) is 17.5 Å². The van der Waals surface area contributed by atoms with Crippen LogP contribution in [0.2, 0.25) is 10.0 Å². The van der Waals surface area contributed by atoms with Crippen molar-refractivity contribution >= 4 is 46.2 Å². The molecule has 0 unspecified atom stereocenters. The van der Waals surface area contributed by atoms with Crippen molar-refractivity contribution in [2.75, 3.05) is 5.32 Å². The van der Waals surface area contributed by atoms with Gasteiger partial charge in [0.25, 0.3) is 11.8 Å². The molecular formula is C12H7Cl2N3OS. The van der Waals surface area contributed by atoms with Crippen LogP contribution in [0.5, 0.6) is 0 Å². The predicted octanol–water partition coefficient (Wildman–Crippen LogP) is 4.85. The minimum Gasteiger partial charge on any atom is -0.331 e. The second-order valence-corrected chi connectivity index (χ2v) is 5.41. The van der Waals surface area contributed by atoms with E-state index in [-0.39, 0.29) is 0 Å². The van der Waals surface area contributed by atoms with Crippen LogP contribution in [-0.2, 0) is 0 Å². The molecule has 1 aromatic carbocycles. The summed E-state index contributed by atoms with van der Waals surface area (Å²) in [6.07, 6.45) is 0. The van der Waals surface area contributed by atoms with Crippen LogP contribution >= 0.6 is 34.5 Å². The summed E-state index contributed by atoms with van der Waals surface area (Å²) in [7, 11) is 0. The molecule has 3 rings (SSSR count). The van der Waals surface area contributed by atoms with Crippen LogP contribution < -0.4 is 5.32 Å². The lowest BCUT2D eigenvalue weighted by molar-refractivity contribution is 0.434. The summed E-state index contributed by atoms with van der Waals surface area (Å²) < 4.78 is 5.16. The molecule has 0 bridgehead atoms. The molecule has 7 heteroatoms. The van der Waals surface area contributed by atoms with Crippen LogP contribution in [0.4, 0.5) is 11.6 Å². The number of rotatable bonds is 3. The van der Waals surface area contributed by atoms with E-state index in [2.05, 4.69) is 15.5 Å². The Morgan fingerprint density at radius 1 is 1.11 bits per heavy atom. The van der Waals surface area contributed by atoms with Crippen molar-refractivity contribution in [2.45, 2.75) is 0 Å². The van der Waals surface area contributed by atoms with Crippen molar-refractivity contribution in [1.82, 2.24) is 10.1 Å². The molecule has 96 valence electrons. The molecule has 0 amide bonds. The van der Waals surface area contributed by atoms with E-state index < -0.39 is 0 Å². The number of hydrogen-bond acceptors (Lipinski definition) is 5. The first-order chi connectivity index (χ1) is 9.22. The highest BCUT2D eigenvalue weighted by Crippen LogP contribution is 2.32. The molecule has 1 N–H and O–H groups in total. The predicted molar refractivity (Wildman–Crippen MR) is 77.4 cm³/mol. The molecule has 19 heavy (non-hydrogen) atoms. The highest BCUT2D eigenvalue weighted by Gasteiger charge is 2.13. The third-order valence-corrected chi connectivity index (χ3v) is 3.92. The number of nitrogens with one attached hydrogen (secondary N) is 1. The molecule has 0 aliphatic heterocycles. The lowest BCUT2D eigenvalue weighted by Crippen LogP contribution is -1.91. The summed E-state index contributed by atoms with van der Waals surface area (Å²) in [5, 5.41) is 10.0. The molecule has 0 saturated heterocycles. The van der Waals surface area contributed by atoms with Gasteiger partial charge in [0.05, 0.1) is 5.02 Å². The second-order valence-electron chi connectivity index (χ2n) is 3.65. The van der Waals surface area contributed by atoms with Crippen LogP contribution in [0, 0.1) is 0 Å². The number of hydrogen-bond donors (Lipinski definition) is 1. The quantitative estimate of drug-likeness (QED) is 0.751. The highest BCUT2D eigenvalue weighted by molar-refractivity contribution is 7.14. The summed E-state index contributed by atoms with van der Waals surface area (Å²) in [5.41, 5.74) is 0.828. The first-order valence-electron chi connectivity index (χ1n) is 5.32. The Bertz CT molecular complexity index is 693. The van der Waals surface area contributed by atoms with Gasteiger partial charge in [0.2, 0.25) is 0 Å². The van der Waals surface area contributed by atoms with Crippen LogP contribution in [0.3, 0.4) is 0 Å². The molecule has 0 atom stereocenters. The number of aromatic nitrogens is 2. The average Bonchev–Trinajstić information content (AvgIpc) is 3.01. The van der Waals surface area contributed by atoms with Crippen molar-refractivity contribution in [3.63, 3.8) is 0 Å². The Balaban J connectivity index is 1.82. The summed E-state index contributed by atoms with van der Waals surface area (Å²) in [5.74, 6) is 0.776. The Morgan fingerprint density at radius 2 is 1.89 bits per heavy atom. The smallest absolute Gasteiger partial charge is 0.271 e. The largest absolute Gasteiger partial charge is 0.331 e. The molecule has 0 spiro atoms. The fourth-order valence-corrected chi connectivity index (χ4v) is 2.66. The van der Waals surface area contributed by atoms with E-state index in [9.17, 15) is 0 Å². The normalized spacial score (nSPS) is 10.6. The van der Waals surface area contributed by atoms with Crippen LogP contribution in [0.15, 0.2) is 40.2 Å². The Morgan fingerprint density at radius 3 is 2.58 bits per heavy atom. The van der Waals surface area contributed by atoms with Crippen molar-refractivity contribution in [1.29, 1.82) is 0 Å². The fourth-order valence-electron chi connectivity index (χ4n) is 1.48. The maximum absolute atomic E-state index is 6.01. The average molecular weight is 312 g/mol. The SMILES string of the molecule is Clc1ccc(Nc2noc(-c3sccc3Cl)n2)cc1. The lowest BCUT2D eigenvalue weighted by Gasteiger charge is -1.99. The van der Waals surface area contributed by atoms with Gasteiger partial charge in [0.1, 0.15) is 4.88 Å². The first kappa shape index (κ1) is 12.5. The molecule has 0 aliphatic rings. The Hall–Kier alpha value is -1.56. The summed E-state index contributed by atoms with van der Waals surface area (Å²) in [6, 6.07) is 9.01. The van der Waals surface area contributed by atoms with Gasteiger partial charge in [-0.2, -0.15) is 4.98 Å². The van der Waals surface area contributed by atoms with Crippen LogP contribution in [0.1, 0.15) is 0 Å².